The summed E-state index contributed by atoms with van der Waals surface area (Å²) < 4.78 is 5.65. The minimum atomic E-state index is -0.264. The van der Waals surface area contributed by atoms with Crippen molar-refractivity contribution >= 4 is 5.82 Å². The van der Waals surface area contributed by atoms with Gasteiger partial charge in [0.25, 0.3) is 0 Å². The fourth-order valence-electron chi connectivity index (χ4n) is 3.81. The van der Waals surface area contributed by atoms with Gasteiger partial charge in [-0.05, 0) is 25.2 Å². The van der Waals surface area contributed by atoms with Crippen molar-refractivity contribution in [2.24, 2.45) is 5.92 Å². The van der Waals surface area contributed by atoms with E-state index in [0.29, 0.717) is 31.1 Å². The monoisotopic (exact) mass is 333 g/mol. The minimum absolute atomic E-state index is 0.182. The summed E-state index contributed by atoms with van der Waals surface area (Å²) in [5, 5.41) is 10.4. The molecule has 0 bridgehead atoms. The molecule has 3 atom stereocenters. The highest BCUT2D eigenvalue weighted by Gasteiger charge is 2.38. The van der Waals surface area contributed by atoms with Gasteiger partial charge in [-0.25, -0.2) is 9.97 Å². The van der Waals surface area contributed by atoms with Crippen LogP contribution in [-0.4, -0.2) is 47.0 Å². The maximum atomic E-state index is 10.4. The van der Waals surface area contributed by atoms with E-state index < -0.39 is 0 Å². The number of aliphatic hydroxyl groups is 1. The van der Waals surface area contributed by atoms with Crippen LogP contribution in [0.25, 0.3) is 0 Å². The molecule has 0 radical (unpaired) electrons. The number of aliphatic hydroxyl groups excluding tert-OH is 1. The van der Waals surface area contributed by atoms with Gasteiger partial charge >= 0.3 is 0 Å². The highest BCUT2D eigenvalue weighted by Crippen LogP contribution is 2.34. The number of rotatable bonds is 4. The van der Waals surface area contributed by atoms with E-state index >= 15 is 0 Å². The SMILES string of the molecule is CC(C)c1cc(N2CCC[C@@H]2[C@@H]2COCC[C@@H]2O)nc(C(C)C)n1. The molecule has 1 N–H and O–H groups in total. The molecule has 0 spiro atoms. The van der Waals surface area contributed by atoms with E-state index in [9.17, 15) is 5.11 Å². The van der Waals surface area contributed by atoms with Crippen LogP contribution in [0, 0.1) is 5.92 Å². The first-order valence-electron chi connectivity index (χ1n) is 9.38. The Hall–Kier alpha value is -1.20. The van der Waals surface area contributed by atoms with Gasteiger partial charge in [0.1, 0.15) is 11.6 Å². The first-order chi connectivity index (χ1) is 11.5. The Morgan fingerprint density at radius 3 is 2.62 bits per heavy atom. The van der Waals surface area contributed by atoms with Crippen molar-refractivity contribution in [1.29, 1.82) is 0 Å². The van der Waals surface area contributed by atoms with E-state index in [1.54, 1.807) is 0 Å². The first kappa shape index (κ1) is 17.6. The lowest BCUT2D eigenvalue weighted by Gasteiger charge is -2.37. The van der Waals surface area contributed by atoms with Crippen molar-refractivity contribution < 1.29 is 9.84 Å². The summed E-state index contributed by atoms with van der Waals surface area (Å²) in [5.74, 6) is 2.82. The second kappa shape index (κ2) is 7.36. The highest BCUT2D eigenvalue weighted by atomic mass is 16.5. The Bertz CT molecular complexity index is 535. The molecule has 0 unspecified atom stereocenters. The van der Waals surface area contributed by atoms with Gasteiger partial charge in [-0.2, -0.15) is 0 Å². The van der Waals surface area contributed by atoms with Crippen LogP contribution in [0.3, 0.4) is 0 Å². The molecule has 2 aliphatic rings. The van der Waals surface area contributed by atoms with Crippen molar-refractivity contribution in [1.82, 2.24) is 9.97 Å². The third kappa shape index (κ3) is 3.57. The van der Waals surface area contributed by atoms with Gasteiger partial charge in [-0.15, -0.1) is 0 Å². The Morgan fingerprint density at radius 2 is 1.96 bits per heavy atom. The molecule has 0 aromatic carbocycles. The van der Waals surface area contributed by atoms with E-state index in [4.69, 9.17) is 14.7 Å². The molecule has 1 aromatic rings. The van der Waals surface area contributed by atoms with Crippen LogP contribution in [0.5, 0.6) is 0 Å². The van der Waals surface area contributed by atoms with Crippen LogP contribution >= 0.6 is 0 Å². The van der Waals surface area contributed by atoms with Gasteiger partial charge < -0.3 is 14.7 Å². The number of hydrogen-bond donors (Lipinski definition) is 1. The van der Waals surface area contributed by atoms with Gasteiger partial charge in [-0.1, -0.05) is 27.7 Å². The predicted octanol–water partition coefficient (Wildman–Crippen LogP) is 3.09. The summed E-state index contributed by atoms with van der Waals surface area (Å²) in [7, 11) is 0. The molecule has 3 rings (SSSR count). The first-order valence-corrected chi connectivity index (χ1v) is 9.38. The maximum absolute atomic E-state index is 10.4. The molecular weight excluding hydrogens is 302 g/mol. The second-order valence-electron chi connectivity index (χ2n) is 7.82. The normalized spacial score (nSPS) is 28.1. The summed E-state index contributed by atoms with van der Waals surface area (Å²) >= 11 is 0. The molecule has 3 heterocycles. The van der Waals surface area contributed by atoms with Crippen molar-refractivity contribution in [3.05, 3.63) is 17.6 Å². The standard InChI is InChI=1S/C19H31N3O2/c1-12(2)15-10-18(21-19(20-15)13(3)4)22-8-5-6-16(22)14-11-24-9-7-17(14)23/h10,12-14,16-17,23H,5-9,11H2,1-4H3/t14-,16+,17-/m0/s1. The lowest BCUT2D eigenvalue weighted by molar-refractivity contribution is -0.0438. The molecule has 5 nitrogen and oxygen atoms in total. The lowest BCUT2D eigenvalue weighted by Crippen LogP contribution is -2.46. The molecule has 0 aliphatic carbocycles. The third-order valence-corrected chi connectivity index (χ3v) is 5.31. The summed E-state index contributed by atoms with van der Waals surface area (Å²) in [6.45, 7) is 11.0. The van der Waals surface area contributed by atoms with E-state index in [2.05, 4.69) is 38.7 Å². The molecule has 2 saturated heterocycles. The van der Waals surface area contributed by atoms with Crippen LogP contribution in [0.1, 0.15) is 70.3 Å². The summed E-state index contributed by atoms with van der Waals surface area (Å²) in [4.78, 5) is 12.0. The molecule has 0 amide bonds. The molecular formula is C19H31N3O2. The van der Waals surface area contributed by atoms with Crippen molar-refractivity contribution in [2.75, 3.05) is 24.7 Å². The topological polar surface area (TPSA) is 58.5 Å². The largest absolute Gasteiger partial charge is 0.393 e. The number of anilines is 1. The molecule has 1 aromatic heterocycles. The number of aromatic nitrogens is 2. The maximum Gasteiger partial charge on any atom is 0.133 e. The molecule has 2 aliphatic heterocycles. The summed E-state index contributed by atoms with van der Waals surface area (Å²) in [6.07, 6.45) is 2.72. The van der Waals surface area contributed by atoms with Gasteiger partial charge in [0.2, 0.25) is 0 Å². The van der Waals surface area contributed by atoms with Crippen LogP contribution < -0.4 is 4.90 Å². The Balaban J connectivity index is 1.91. The van der Waals surface area contributed by atoms with Gasteiger partial charge in [0, 0.05) is 42.8 Å². The molecule has 5 heteroatoms. The fourth-order valence-corrected chi connectivity index (χ4v) is 3.81. The van der Waals surface area contributed by atoms with Crippen LogP contribution in [-0.2, 0) is 4.74 Å². The highest BCUT2D eigenvalue weighted by molar-refractivity contribution is 5.44. The minimum Gasteiger partial charge on any atom is -0.393 e. The average molecular weight is 333 g/mol. The van der Waals surface area contributed by atoms with Crippen molar-refractivity contribution in [2.45, 2.75) is 70.9 Å². The fraction of sp³-hybridized carbons (Fsp3) is 0.789. The Morgan fingerprint density at radius 1 is 1.17 bits per heavy atom. The molecule has 134 valence electrons. The molecule has 0 saturated carbocycles. The molecule has 24 heavy (non-hydrogen) atoms. The van der Waals surface area contributed by atoms with Gasteiger partial charge in [0.15, 0.2) is 0 Å². The van der Waals surface area contributed by atoms with Crippen LogP contribution in [0.2, 0.25) is 0 Å². The van der Waals surface area contributed by atoms with Crippen LogP contribution in [0.15, 0.2) is 6.07 Å². The van der Waals surface area contributed by atoms with E-state index in [1.165, 1.54) is 0 Å². The Kier molecular flexibility index (Phi) is 5.40. The average Bonchev–Trinajstić information content (AvgIpc) is 3.04. The summed E-state index contributed by atoms with van der Waals surface area (Å²) in [5.41, 5.74) is 1.11. The zero-order valence-corrected chi connectivity index (χ0v) is 15.4. The Labute approximate surface area is 145 Å². The van der Waals surface area contributed by atoms with Crippen LogP contribution in [0.4, 0.5) is 5.82 Å². The van der Waals surface area contributed by atoms with E-state index in [0.717, 1.165) is 43.1 Å². The predicted molar refractivity (Wildman–Crippen MR) is 95.5 cm³/mol. The molecule has 2 fully saturated rings. The van der Waals surface area contributed by atoms with Gasteiger partial charge in [-0.3, -0.25) is 0 Å². The smallest absolute Gasteiger partial charge is 0.133 e. The van der Waals surface area contributed by atoms with Crippen molar-refractivity contribution in [3.63, 3.8) is 0 Å². The van der Waals surface area contributed by atoms with E-state index in [1.807, 2.05) is 0 Å². The van der Waals surface area contributed by atoms with Gasteiger partial charge in [0.05, 0.1) is 12.7 Å². The number of ether oxygens (including phenoxy) is 1. The zero-order valence-electron chi connectivity index (χ0n) is 15.4. The zero-order chi connectivity index (χ0) is 17.3. The number of hydrogen-bond acceptors (Lipinski definition) is 5. The summed E-state index contributed by atoms with van der Waals surface area (Å²) in [6, 6.07) is 2.46. The number of nitrogens with zero attached hydrogens (tertiary/aromatic N) is 3. The third-order valence-electron chi connectivity index (χ3n) is 5.31. The lowest BCUT2D eigenvalue weighted by atomic mass is 9.89. The van der Waals surface area contributed by atoms with Crippen molar-refractivity contribution in [3.8, 4) is 0 Å². The van der Waals surface area contributed by atoms with E-state index in [-0.39, 0.29) is 12.0 Å². The quantitative estimate of drug-likeness (QED) is 0.917. The second-order valence-corrected chi connectivity index (χ2v) is 7.82.